The first-order valence-electron chi connectivity index (χ1n) is 8.36. The van der Waals surface area contributed by atoms with Crippen LogP contribution in [0.2, 0.25) is 0 Å². The smallest absolute Gasteiger partial charge is 0.213 e. The summed E-state index contributed by atoms with van der Waals surface area (Å²) in [6, 6.07) is 14.1. The fourth-order valence-corrected chi connectivity index (χ4v) is 3.72. The zero-order valence-corrected chi connectivity index (χ0v) is 15.2. The number of aromatic nitrogens is 3. The number of nitrogens with zero attached hydrogens (tertiary/aromatic N) is 4. The molecule has 3 aromatic rings. The van der Waals surface area contributed by atoms with Crippen LogP contribution in [0.5, 0.6) is 5.75 Å². The van der Waals surface area contributed by atoms with Gasteiger partial charge in [0.25, 0.3) is 0 Å². The number of thioether (sulfide) groups is 1. The number of fused-ring (bicyclic) bond motifs is 1. The molecule has 4 rings (SSSR count). The summed E-state index contributed by atoms with van der Waals surface area (Å²) in [6.45, 7) is 4.63. The molecule has 26 heavy (non-hydrogen) atoms. The Kier molecular flexibility index (Phi) is 4.46. The monoisotopic (exact) mass is 368 g/mol. The van der Waals surface area contributed by atoms with Gasteiger partial charge in [0.05, 0.1) is 17.6 Å². The third-order valence-electron chi connectivity index (χ3n) is 4.05. The van der Waals surface area contributed by atoms with Gasteiger partial charge in [-0.2, -0.15) is 9.78 Å². The minimum absolute atomic E-state index is 0.102. The van der Waals surface area contributed by atoms with E-state index in [4.69, 9.17) is 9.84 Å². The molecule has 5 nitrogen and oxygen atoms in total. The molecule has 7 heteroatoms. The molecule has 1 aromatic heterocycles. The van der Waals surface area contributed by atoms with Gasteiger partial charge in [-0.15, -0.1) is 10.2 Å². The predicted molar refractivity (Wildman–Crippen MR) is 100 cm³/mol. The van der Waals surface area contributed by atoms with Crippen molar-refractivity contribution in [1.82, 2.24) is 14.9 Å². The number of hydrogen-bond donors (Lipinski definition) is 0. The molecule has 1 aliphatic rings. The molecule has 0 amide bonds. The standard InChI is InChI=1S/C19H17FN4OS/c1-3-25-16-10-6-14(7-11-16)18-21-22-19-24(18)23-17(12(2)26-19)13-4-8-15(20)9-5-13/h4-12H,3H2,1-2H3/t12-/m1/s1. The van der Waals surface area contributed by atoms with Crippen molar-refractivity contribution in [1.29, 1.82) is 0 Å². The molecule has 0 N–H and O–H groups in total. The van der Waals surface area contributed by atoms with Gasteiger partial charge < -0.3 is 4.74 Å². The summed E-state index contributed by atoms with van der Waals surface area (Å²) in [4.78, 5) is 0. The minimum atomic E-state index is -0.259. The molecule has 0 saturated heterocycles. The maximum absolute atomic E-state index is 13.2. The van der Waals surface area contributed by atoms with Crippen molar-refractivity contribution < 1.29 is 9.13 Å². The lowest BCUT2D eigenvalue weighted by Gasteiger charge is -2.20. The molecule has 1 aliphatic heterocycles. The molecule has 2 aromatic carbocycles. The maximum atomic E-state index is 13.2. The molecule has 0 aliphatic carbocycles. The van der Waals surface area contributed by atoms with E-state index in [1.54, 1.807) is 28.6 Å². The Morgan fingerprint density at radius 3 is 2.42 bits per heavy atom. The summed E-state index contributed by atoms with van der Waals surface area (Å²) < 4.78 is 20.5. The molecule has 1 atom stereocenters. The molecule has 2 heterocycles. The van der Waals surface area contributed by atoms with E-state index in [-0.39, 0.29) is 11.1 Å². The third kappa shape index (κ3) is 3.10. The largest absolute Gasteiger partial charge is 0.494 e. The number of rotatable bonds is 4. The highest BCUT2D eigenvalue weighted by Crippen LogP contribution is 2.33. The lowest BCUT2D eigenvalue weighted by Crippen LogP contribution is -2.21. The van der Waals surface area contributed by atoms with Gasteiger partial charge in [0, 0.05) is 5.56 Å². The van der Waals surface area contributed by atoms with E-state index >= 15 is 0 Å². The first-order valence-corrected chi connectivity index (χ1v) is 9.24. The highest BCUT2D eigenvalue weighted by molar-refractivity contribution is 8.00. The summed E-state index contributed by atoms with van der Waals surface area (Å²) in [7, 11) is 0. The third-order valence-corrected chi connectivity index (χ3v) is 5.09. The lowest BCUT2D eigenvalue weighted by atomic mass is 10.1. The van der Waals surface area contributed by atoms with Crippen LogP contribution in [-0.2, 0) is 0 Å². The summed E-state index contributed by atoms with van der Waals surface area (Å²) in [6.07, 6.45) is 0. The van der Waals surface area contributed by atoms with Crippen molar-refractivity contribution in [2.45, 2.75) is 24.3 Å². The second-order valence-electron chi connectivity index (χ2n) is 5.83. The van der Waals surface area contributed by atoms with Gasteiger partial charge in [0.15, 0.2) is 5.82 Å². The molecule has 0 unspecified atom stereocenters. The van der Waals surface area contributed by atoms with E-state index in [1.807, 2.05) is 31.2 Å². The van der Waals surface area contributed by atoms with Crippen LogP contribution in [0.1, 0.15) is 19.4 Å². The molecular formula is C19H17FN4OS. The van der Waals surface area contributed by atoms with Crippen molar-refractivity contribution in [2.24, 2.45) is 5.10 Å². The van der Waals surface area contributed by atoms with Crippen LogP contribution < -0.4 is 4.74 Å². The first-order chi connectivity index (χ1) is 12.7. The van der Waals surface area contributed by atoms with Crippen LogP contribution in [0.25, 0.3) is 11.4 Å². The normalized spacial score (nSPS) is 16.1. The molecular weight excluding hydrogens is 351 g/mol. The Balaban J connectivity index is 1.74. The van der Waals surface area contributed by atoms with Crippen molar-refractivity contribution in [3.63, 3.8) is 0 Å². The highest BCUT2D eigenvalue weighted by atomic mass is 32.2. The summed E-state index contributed by atoms with van der Waals surface area (Å²) in [5, 5.41) is 14.2. The predicted octanol–water partition coefficient (Wildman–Crippen LogP) is 4.23. The van der Waals surface area contributed by atoms with Crippen molar-refractivity contribution in [2.75, 3.05) is 6.61 Å². The van der Waals surface area contributed by atoms with E-state index in [0.29, 0.717) is 12.4 Å². The Morgan fingerprint density at radius 2 is 1.73 bits per heavy atom. The van der Waals surface area contributed by atoms with Crippen LogP contribution in [0.3, 0.4) is 0 Å². The van der Waals surface area contributed by atoms with Crippen LogP contribution in [0, 0.1) is 5.82 Å². The Morgan fingerprint density at radius 1 is 1.04 bits per heavy atom. The second-order valence-corrected chi connectivity index (χ2v) is 7.14. The van der Waals surface area contributed by atoms with E-state index < -0.39 is 0 Å². The average Bonchev–Trinajstić information content (AvgIpc) is 3.05. The molecule has 0 bridgehead atoms. The average molecular weight is 368 g/mol. The van der Waals surface area contributed by atoms with Crippen molar-refractivity contribution in [3.05, 3.63) is 59.9 Å². The zero-order chi connectivity index (χ0) is 18.1. The zero-order valence-electron chi connectivity index (χ0n) is 14.4. The van der Waals surface area contributed by atoms with Gasteiger partial charge >= 0.3 is 0 Å². The van der Waals surface area contributed by atoms with Gasteiger partial charge in [0.1, 0.15) is 11.6 Å². The highest BCUT2D eigenvalue weighted by Gasteiger charge is 2.26. The molecule has 0 saturated carbocycles. The maximum Gasteiger partial charge on any atom is 0.213 e. The molecule has 0 fully saturated rings. The summed E-state index contributed by atoms with van der Waals surface area (Å²) in [5.41, 5.74) is 2.67. The second kappa shape index (κ2) is 6.92. The SMILES string of the molecule is CCOc1ccc(-c2nnc3n2N=C(c2ccc(F)cc2)[C@@H](C)S3)cc1. The van der Waals surface area contributed by atoms with Crippen LogP contribution in [0.4, 0.5) is 4.39 Å². The first kappa shape index (κ1) is 16.8. The number of hydrogen-bond acceptors (Lipinski definition) is 5. The van der Waals surface area contributed by atoms with Gasteiger partial charge in [-0.1, -0.05) is 23.9 Å². The Hall–Kier alpha value is -2.67. The van der Waals surface area contributed by atoms with Gasteiger partial charge in [0.2, 0.25) is 5.16 Å². The number of ether oxygens (including phenoxy) is 1. The van der Waals surface area contributed by atoms with Gasteiger partial charge in [-0.05, 0) is 55.8 Å². The molecule has 0 spiro atoms. The molecule has 0 radical (unpaired) electrons. The van der Waals surface area contributed by atoms with E-state index in [2.05, 4.69) is 17.1 Å². The topological polar surface area (TPSA) is 52.3 Å². The van der Waals surface area contributed by atoms with Crippen LogP contribution >= 0.6 is 11.8 Å². The number of halogens is 1. The minimum Gasteiger partial charge on any atom is -0.494 e. The fraction of sp³-hybridized carbons (Fsp3) is 0.211. The molecule has 132 valence electrons. The van der Waals surface area contributed by atoms with E-state index in [1.165, 1.54) is 12.1 Å². The van der Waals surface area contributed by atoms with Crippen LogP contribution in [-0.4, -0.2) is 32.4 Å². The lowest BCUT2D eigenvalue weighted by molar-refractivity contribution is 0.340. The van der Waals surface area contributed by atoms with Gasteiger partial charge in [-0.25, -0.2) is 4.39 Å². The fourth-order valence-electron chi connectivity index (χ4n) is 2.79. The van der Waals surface area contributed by atoms with Gasteiger partial charge in [-0.3, -0.25) is 0 Å². The quantitative estimate of drug-likeness (QED) is 0.692. The Bertz CT molecular complexity index is 951. The van der Waals surface area contributed by atoms with E-state index in [0.717, 1.165) is 27.7 Å². The van der Waals surface area contributed by atoms with E-state index in [9.17, 15) is 4.39 Å². The summed E-state index contributed by atoms with van der Waals surface area (Å²) >= 11 is 1.59. The Labute approximate surface area is 154 Å². The van der Waals surface area contributed by atoms with Crippen molar-refractivity contribution >= 4 is 17.5 Å². The van der Waals surface area contributed by atoms with Crippen LogP contribution in [0.15, 0.2) is 58.8 Å². The van der Waals surface area contributed by atoms with Crippen molar-refractivity contribution in [3.8, 4) is 17.1 Å². The number of benzene rings is 2. The summed E-state index contributed by atoms with van der Waals surface area (Å²) in [5.74, 6) is 1.22.